The van der Waals surface area contributed by atoms with E-state index in [1.54, 1.807) is 56.5 Å². The monoisotopic (exact) mass is 546 g/mol. The van der Waals surface area contributed by atoms with Crippen LogP contribution in [0.3, 0.4) is 0 Å². The number of nitrogens with one attached hydrogen (secondary N) is 1. The molecule has 0 spiro atoms. The third kappa shape index (κ3) is 6.09. The average Bonchev–Trinajstić information content (AvgIpc) is 2.90. The van der Waals surface area contributed by atoms with Crippen molar-refractivity contribution >= 4 is 44.8 Å². The summed E-state index contributed by atoms with van der Waals surface area (Å²) in [5, 5.41) is 5.98. The summed E-state index contributed by atoms with van der Waals surface area (Å²) in [5.74, 6) is 0.579. The van der Waals surface area contributed by atoms with Gasteiger partial charge in [-0.25, -0.2) is 10.2 Å². The summed E-state index contributed by atoms with van der Waals surface area (Å²) in [6.07, 6.45) is 0.618. The molecule has 1 atom stereocenters. The molecule has 8 heteroatoms. The second-order valence-electron chi connectivity index (χ2n) is 7.77. The first-order valence-electron chi connectivity index (χ1n) is 11.1. The van der Waals surface area contributed by atoms with Crippen molar-refractivity contribution in [3.8, 4) is 17.2 Å². The van der Waals surface area contributed by atoms with Crippen molar-refractivity contribution in [2.45, 2.75) is 13.0 Å². The molecule has 182 valence electrons. The summed E-state index contributed by atoms with van der Waals surface area (Å²) in [6.45, 7) is 1.65. The number of nitrogens with zero attached hydrogens (tertiary/aromatic N) is 1. The predicted molar refractivity (Wildman–Crippen MR) is 142 cm³/mol. The van der Waals surface area contributed by atoms with Crippen LogP contribution in [0.15, 0.2) is 94.5 Å². The van der Waals surface area contributed by atoms with E-state index in [4.69, 9.17) is 14.2 Å². The Morgan fingerprint density at radius 2 is 1.69 bits per heavy atom. The number of amides is 1. The van der Waals surface area contributed by atoms with E-state index < -0.39 is 18.0 Å². The van der Waals surface area contributed by atoms with Gasteiger partial charge in [0, 0.05) is 15.4 Å². The number of fused-ring (bicyclic) bond motifs is 1. The van der Waals surface area contributed by atoms with Gasteiger partial charge in [0.1, 0.15) is 17.2 Å². The number of benzene rings is 4. The van der Waals surface area contributed by atoms with Crippen LogP contribution in [0.4, 0.5) is 0 Å². The number of ether oxygens (including phenoxy) is 3. The summed E-state index contributed by atoms with van der Waals surface area (Å²) in [5.41, 5.74) is 3.34. The molecule has 0 bridgehead atoms. The van der Waals surface area contributed by atoms with Gasteiger partial charge in [0.25, 0.3) is 5.91 Å². The smallest absolute Gasteiger partial charge is 0.343 e. The average molecular weight is 547 g/mol. The highest BCUT2D eigenvalue weighted by Crippen LogP contribution is 2.26. The first kappa shape index (κ1) is 24.9. The van der Waals surface area contributed by atoms with Crippen LogP contribution in [0.2, 0.25) is 0 Å². The lowest BCUT2D eigenvalue weighted by Gasteiger charge is -2.14. The summed E-state index contributed by atoms with van der Waals surface area (Å²) < 4.78 is 17.3. The number of esters is 1. The maximum atomic E-state index is 12.6. The van der Waals surface area contributed by atoms with Gasteiger partial charge in [-0.3, -0.25) is 4.79 Å². The molecule has 0 aliphatic heterocycles. The van der Waals surface area contributed by atoms with E-state index in [0.29, 0.717) is 22.6 Å². The van der Waals surface area contributed by atoms with E-state index in [1.807, 2.05) is 42.5 Å². The Hall–Kier alpha value is -4.17. The van der Waals surface area contributed by atoms with Gasteiger partial charge in [0.2, 0.25) is 0 Å². The van der Waals surface area contributed by atoms with Crippen molar-refractivity contribution in [1.82, 2.24) is 5.43 Å². The minimum atomic E-state index is -0.789. The molecular formula is C28H23BrN2O5. The van der Waals surface area contributed by atoms with Crippen LogP contribution in [-0.4, -0.2) is 31.3 Å². The van der Waals surface area contributed by atoms with Crippen LogP contribution in [-0.2, 0) is 4.79 Å². The third-order valence-corrected chi connectivity index (χ3v) is 5.79. The summed E-state index contributed by atoms with van der Waals surface area (Å²) in [7, 11) is 1.55. The van der Waals surface area contributed by atoms with Crippen LogP contribution in [0.5, 0.6) is 17.2 Å². The molecule has 0 unspecified atom stereocenters. The number of halogens is 1. The normalized spacial score (nSPS) is 11.8. The number of hydrazone groups is 1. The number of carbonyl (C=O) groups is 2. The standard InChI is InChI=1S/C28H23BrN2O5/c1-18(35-26-9-5-7-19-6-3-4-8-24(19)26)27(32)31-30-17-21-16-22(29)12-15-25(21)36-28(33)20-10-13-23(34-2)14-11-20/h3-18H,1-2H3,(H,31,32)/b30-17-/t18-/m1/s1. The molecule has 4 rings (SSSR count). The number of methoxy groups -OCH3 is 1. The highest BCUT2D eigenvalue weighted by atomic mass is 79.9. The molecule has 7 nitrogen and oxygen atoms in total. The number of hydrogen-bond donors (Lipinski definition) is 1. The van der Waals surface area contributed by atoms with Gasteiger partial charge in [-0.05, 0) is 60.8 Å². The van der Waals surface area contributed by atoms with E-state index in [9.17, 15) is 9.59 Å². The molecular weight excluding hydrogens is 524 g/mol. The molecule has 4 aromatic rings. The number of carbonyl (C=O) groups excluding carboxylic acids is 2. The van der Waals surface area contributed by atoms with E-state index in [2.05, 4.69) is 26.5 Å². The molecule has 0 fully saturated rings. The predicted octanol–water partition coefficient (Wildman–Crippen LogP) is 5.75. The topological polar surface area (TPSA) is 86.2 Å². The molecule has 0 saturated carbocycles. The lowest BCUT2D eigenvalue weighted by Crippen LogP contribution is -2.33. The molecule has 0 aromatic heterocycles. The third-order valence-electron chi connectivity index (χ3n) is 5.30. The molecule has 0 radical (unpaired) electrons. The van der Waals surface area contributed by atoms with Gasteiger partial charge >= 0.3 is 5.97 Å². The molecule has 0 heterocycles. The fourth-order valence-corrected chi connectivity index (χ4v) is 3.78. The lowest BCUT2D eigenvalue weighted by molar-refractivity contribution is -0.127. The maximum absolute atomic E-state index is 12.6. The highest BCUT2D eigenvalue weighted by molar-refractivity contribution is 9.10. The van der Waals surface area contributed by atoms with Gasteiger partial charge in [-0.1, -0.05) is 52.3 Å². The Morgan fingerprint density at radius 3 is 2.47 bits per heavy atom. The van der Waals surface area contributed by atoms with Crippen molar-refractivity contribution < 1.29 is 23.8 Å². The maximum Gasteiger partial charge on any atom is 0.343 e. The second kappa shape index (κ2) is 11.5. The van der Waals surface area contributed by atoms with Crippen molar-refractivity contribution in [2.75, 3.05) is 7.11 Å². The Balaban J connectivity index is 1.42. The fourth-order valence-electron chi connectivity index (χ4n) is 3.40. The molecule has 0 aliphatic rings. The minimum absolute atomic E-state index is 0.289. The van der Waals surface area contributed by atoms with Crippen molar-refractivity contribution in [2.24, 2.45) is 5.10 Å². The van der Waals surface area contributed by atoms with E-state index in [-0.39, 0.29) is 5.75 Å². The SMILES string of the molecule is COc1ccc(C(=O)Oc2ccc(Br)cc2/C=N\NC(=O)[C@@H](C)Oc2cccc3ccccc23)cc1. The summed E-state index contributed by atoms with van der Waals surface area (Å²) in [6, 6.07) is 25.2. The molecule has 4 aromatic carbocycles. The quantitative estimate of drug-likeness (QED) is 0.132. The Bertz CT molecular complexity index is 1410. The number of rotatable bonds is 8. The molecule has 1 N–H and O–H groups in total. The molecule has 36 heavy (non-hydrogen) atoms. The largest absolute Gasteiger partial charge is 0.497 e. The number of hydrogen-bond acceptors (Lipinski definition) is 6. The van der Waals surface area contributed by atoms with Crippen molar-refractivity contribution in [1.29, 1.82) is 0 Å². The lowest BCUT2D eigenvalue weighted by atomic mass is 10.1. The van der Waals surface area contributed by atoms with E-state index in [1.165, 1.54) is 6.21 Å². The molecule has 0 aliphatic carbocycles. The van der Waals surface area contributed by atoms with Crippen LogP contribution in [0.25, 0.3) is 10.8 Å². The van der Waals surface area contributed by atoms with Gasteiger partial charge in [-0.15, -0.1) is 0 Å². The second-order valence-corrected chi connectivity index (χ2v) is 8.69. The van der Waals surface area contributed by atoms with Crippen molar-refractivity contribution in [3.05, 3.63) is 101 Å². The highest BCUT2D eigenvalue weighted by Gasteiger charge is 2.16. The first-order valence-corrected chi connectivity index (χ1v) is 11.9. The van der Waals surface area contributed by atoms with Crippen molar-refractivity contribution in [3.63, 3.8) is 0 Å². The van der Waals surface area contributed by atoms with Gasteiger partial charge < -0.3 is 14.2 Å². The van der Waals surface area contributed by atoms with Gasteiger partial charge in [0.05, 0.1) is 18.9 Å². The van der Waals surface area contributed by atoms with Gasteiger partial charge in [-0.2, -0.15) is 5.10 Å². The molecule has 0 saturated heterocycles. The Kier molecular flexibility index (Phi) is 7.97. The Morgan fingerprint density at radius 1 is 0.944 bits per heavy atom. The minimum Gasteiger partial charge on any atom is -0.497 e. The van der Waals surface area contributed by atoms with Gasteiger partial charge in [0.15, 0.2) is 6.10 Å². The zero-order valence-corrected chi connectivity index (χ0v) is 21.2. The zero-order chi connectivity index (χ0) is 25.5. The first-order chi connectivity index (χ1) is 17.4. The van der Waals surface area contributed by atoms with Crippen LogP contribution in [0.1, 0.15) is 22.8 Å². The van der Waals surface area contributed by atoms with Crippen LogP contribution in [0, 0.1) is 0 Å². The van der Waals surface area contributed by atoms with Crippen LogP contribution >= 0.6 is 15.9 Å². The fraction of sp³-hybridized carbons (Fsp3) is 0.107. The summed E-state index contributed by atoms with van der Waals surface area (Å²) >= 11 is 3.40. The summed E-state index contributed by atoms with van der Waals surface area (Å²) in [4.78, 5) is 25.2. The van der Waals surface area contributed by atoms with E-state index in [0.717, 1.165) is 15.2 Å². The Labute approximate surface area is 216 Å². The molecule has 1 amide bonds. The zero-order valence-electron chi connectivity index (χ0n) is 19.6. The van der Waals surface area contributed by atoms with E-state index >= 15 is 0 Å². The van der Waals surface area contributed by atoms with Crippen LogP contribution < -0.4 is 19.6 Å².